The minimum Gasteiger partial charge on any atom is -0.475 e. The van der Waals surface area contributed by atoms with Gasteiger partial charge < -0.3 is 25.6 Å². The van der Waals surface area contributed by atoms with Gasteiger partial charge in [-0.1, -0.05) is 0 Å². The van der Waals surface area contributed by atoms with Gasteiger partial charge in [0, 0.05) is 22.2 Å². The van der Waals surface area contributed by atoms with Crippen molar-refractivity contribution in [1.29, 1.82) is 0 Å². The number of esters is 2. The Hall–Kier alpha value is -2.37. The van der Waals surface area contributed by atoms with E-state index in [0.717, 1.165) is 16.4 Å². The van der Waals surface area contributed by atoms with E-state index in [1.165, 1.54) is 16.7 Å². The Morgan fingerprint density at radius 1 is 1.21 bits per heavy atom. The molecule has 4 N–H and O–H groups in total. The standard InChI is InChI=1S/C20H27N3O6S3.C2HF3O2/c1-10-7-32-17-13(22-15(24)12(21)11-8-30-5-6-31-11)16(25)23(17)14(10)18(26)28-9-29-19(27)20(2,3)4;3-2(4,5)1(6)7/h8,12-13,17H,5-7,9,21H2,1-4H3,(H,22,24);(H,6,7). The molecule has 0 aromatic rings. The predicted octanol–water partition coefficient (Wildman–Crippen LogP) is 2.03. The maximum Gasteiger partial charge on any atom is 0.490 e. The second kappa shape index (κ2) is 13.3. The number of carbonyl (C=O) groups excluding carboxylic acids is 4. The second-order valence-electron chi connectivity index (χ2n) is 9.28. The lowest BCUT2D eigenvalue weighted by Crippen LogP contribution is -2.71. The molecule has 0 radical (unpaired) electrons. The van der Waals surface area contributed by atoms with E-state index in [9.17, 15) is 32.3 Å². The van der Waals surface area contributed by atoms with E-state index in [0.29, 0.717) is 11.3 Å². The zero-order valence-electron chi connectivity index (χ0n) is 21.3. The lowest BCUT2D eigenvalue weighted by atomic mass is 9.98. The molecule has 39 heavy (non-hydrogen) atoms. The van der Waals surface area contributed by atoms with E-state index in [1.54, 1.807) is 51.2 Å². The van der Waals surface area contributed by atoms with Gasteiger partial charge in [0.25, 0.3) is 5.91 Å². The molecule has 0 aliphatic carbocycles. The third-order valence-electron chi connectivity index (χ3n) is 5.14. The molecule has 0 bridgehead atoms. The SMILES string of the molecule is CC1=C(C(=O)OCOC(=O)C(C)(C)C)N2C(=O)C(NC(=O)C(N)C3=CSCCS3)C2SC1.O=C(O)C(F)(F)F. The summed E-state index contributed by atoms with van der Waals surface area (Å²) in [6, 6.07) is -1.60. The number of alkyl halides is 3. The summed E-state index contributed by atoms with van der Waals surface area (Å²) in [6.45, 7) is 6.27. The Bertz CT molecular complexity index is 1070. The van der Waals surface area contributed by atoms with Gasteiger partial charge in [0.05, 0.1) is 5.41 Å². The van der Waals surface area contributed by atoms with Crippen LogP contribution in [0.25, 0.3) is 0 Å². The van der Waals surface area contributed by atoms with E-state index in [4.69, 9.17) is 25.1 Å². The first-order valence-corrected chi connectivity index (χ1v) is 14.3. The van der Waals surface area contributed by atoms with E-state index in [2.05, 4.69) is 5.32 Å². The van der Waals surface area contributed by atoms with Gasteiger partial charge in [-0.2, -0.15) is 13.2 Å². The molecule has 3 rings (SSSR count). The molecule has 218 valence electrons. The quantitative estimate of drug-likeness (QED) is 0.227. The second-order valence-corrected chi connectivity index (χ2v) is 12.5. The first-order valence-electron chi connectivity index (χ1n) is 11.3. The Balaban J connectivity index is 0.000000673. The minimum absolute atomic E-state index is 0.127. The number of nitrogens with two attached hydrogens (primary N) is 1. The van der Waals surface area contributed by atoms with E-state index >= 15 is 0 Å². The van der Waals surface area contributed by atoms with Gasteiger partial charge in [0.2, 0.25) is 12.7 Å². The zero-order chi connectivity index (χ0) is 29.7. The normalized spacial score (nSPS) is 21.8. The zero-order valence-corrected chi connectivity index (χ0v) is 23.8. The molecule has 3 atom stereocenters. The van der Waals surface area contributed by atoms with Crippen LogP contribution in [0.2, 0.25) is 0 Å². The number of hydrogen-bond acceptors (Lipinski definition) is 11. The number of thioether (sulfide) groups is 3. The van der Waals surface area contributed by atoms with Gasteiger partial charge in [-0.3, -0.25) is 19.3 Å². The van der Waals surface area contributed by atoms with Gasteiger partial charge in [-0.25, -0.2) is 9.59 Å². The molecule has 0 aromatic carbocycles. The van der Waals surface area contributed by atoms with Crippen LogP contribution in [0.3, 0.4) is 0 Å². The van der Waals surface area contributed by atoms with Crippen LogP contribution in [-0.2, 0) is 33.4 Å². The molecule has 3 unspecified atom stereocenters. The van der Waals surface area contributed by atoms with E-state index in [-0.39, 0.29) is 5.70 Å². The average Bonchev–Trinajstić information content (AvgIpc) is 2.86. The molecule has 0 spiro atoms. The van der Waals surface area contributed by atoms with Gasteiger partial charge in [-0.05, 0) is 38.7 Å². The number of aliphatic carboxylic acids is 1. The number of carboxylic acids is 1. The molecule has 2 amide bonds. The highest BCUT2D eigenvalue weighted by Crippen LogP contribution is 2.40. The molecule has 17 heteroatoms. The number of ether oxygens (including phenoxy) is 2. The van der Waals surface area contributed by atoms with Crippen LogP contribution in [0.1, 0.15) is 27.7 Å². The first-order chi connectivity index (χ1) is 18.0. The van der Waals surface area contributed by atoms with Gasteiger partial charge in [-0.15, -0.1) is 35.3 Å². The molecule has 3 aliphatic heterocycles. The van der Waals surface area contributed by atoms with Crippen LogP contribution in [0, 0.1) is 5.41 Å². The summed E-state index contributed by atoms with van der Waals surface area (Å²) in [4.78, 5) is 60.9. The maximum absolute atomic E-state index is 12.8. The van der Waals surface area contributed by atoms with Crippen LogP contribution in [0.5, 0.6) is 0 Å². The van der Waals surface area contributed by atoms with Gasteiger partial charge in [0.15, 0.2) is 0 Å². The van der Waals surface area contributed by atoms with Gasteiger partial charge in [0.1, 0.15) is 23.2 Å². The smallest absolute Gasteiger partial charge is 0.475 e. The Morgan fingerprint density at radius 3 is 2.33 bits per heavy atom. The van der Waals surface area contributed by atoms with Crippen molar-refractivity contribution < 1.29 is 51.7 Å². The van der Waals surface area contributed by atoms with E-state index < -0.39 is 65.6 Å². The Kier molecular flexibility index (Phi) is 11.2. The predicted molar refractivity (Wildman–Crippen MR) is 139 cm³/mol. The summed E-state index contributed by atoms with van der Waals surface area (Å²) in [6.07, 6.45) is -5.08. The van der Waals surface area contributed by atoms with Crippen molar-refractivity contribution in [2.24, 2.45) is 11.1 Å². The number of amides is 2. The van der Waals surface area contributed by atoms with Crippen molar-refractivity contribution in [2.75, 3.05) is 24.1 Å². The highest BCUT2D eigenvalue weighted by Gasteiger charge is 2.54. The first kappa shape index (κ1) is 32.8. The molecule has 1 fully saturated rings. The van der Waals surface area contributed by atoms with Crippen molar-refractivity contribution in [3.8, 4) is 0 Å². The summed E-state index contributed by atoms with van der Waals surface area (Å²) in [5, 5.41) is 11.3. The van der Waals surface area contributed by atoms with Crippen LogP contribution in [0.15, 0.2) is 21.6 Å². The lowest BCUT2D eigenvalue weighted by molar-refractivity contribution is -0.192. The molecule has 0 aromatic heterocycles. The highest BCUT2D eigenvalue weighted by atomic mass is 32.2. The summed E-state index contributed by atoms with van der Waals surface area (Å²) < 4.78 is 41.8. The number of nitrogens with one attached hydrogen (secondary N) is 1. The largest absolute Gasteiger partial charge is 0.490 e. The molecule has 11 nitrogen and oxygen atoms in total. The Morgan fingerprint density at radius 2 is 1.82 bits per heavy atom. The van der Waals surface area contributed by atoms with Gasteiger partial charge >= 0.3 is 24.1 Å². The number of halogens is 3. The van der Waals surface area contributed by atoms with Crippen LogP contribution < -0.4 is 11.1 Å². The number of rotatable bonds is 6. The topological polar surface area (TPSA) is 165 Å². The van der Waals surface area contributed by atoms with Crippen LogP contribution >= 0.6 is 35.3 Å². The number of fused-ring (bicyclic) bond motifs is 1. The molecule has 3 aliphatic rings. The van der Waals surface area contributed by atoms with Crippen molar-refractivity contribution >= 4 is 65.0 Å². The fourth-order valence-corrected chi connectivity index (χ4v) is 6.54. The third kappa shape index (κ3) is 8.56. The van der Waals surface area contributed by atoms with Crippen molar-refractivity contribution in [3.05, 3.63) is 21.6 Å². The third-order valence-corrected chi connectivity index (χ3v) is 8.95. The van der Waals surface area contributed by atoms with Crippen molar-refractivity contribution in [2.45, 2.75) is 51.3 Å². The van der Waals surface area contributed by atoms with Crippen molar-refractivity contribution in [3.63, 3.8) is 0 Å². The number of carboxylic acid groups (broad SMARTS) is 1. The fourth-order valence-electron chi connectivity index (χ4n) is 3.10. The van der Waals surface area contributed by atoms with Crippen LogP contribution in [0.4, 0.5) is 13.2 Å². The summed E-state index contributed by atoms with van der Waals surface area (Å²) in [7, 11) is 0. The monoisotopic (exact) mass is 615 g/mol. The molecular formula is C22H28F3N3O8S3. The molecular weight excluding hydrogens is 587 g/mol. The van der Waals surface area contributed by atoms with E-state index in [1.807, 2.05) is 5.41 Å². The highest BCUT2D eigenvalue weighted by molar-refractivity contribution is 8.09. The minimum atomic E-state index is -5.08. The molecule has 1 saturated heterocycles. The average molecular weight is 616 g/mol. The fraction of sp³-hybridized carbons (Fsp3) is 0.591. The summed E-state index contributed by atoms with van der Waals surface area (Å²) in [5.41, 5.74) is 6.15. The number of nitrogens with zero attached hydrogens (tertiary/aromatic N) is 1. The molecule has 3 heterocycles. The Labute approximate surface area is 234 Å². The maximum atomic E-state index is 12.8. The summed E-state index contributed by atoms with van der Waals surface area (Å²) in [5.74, 6) is -2.48. The van der Waals surface area contributed by atoms with Crippen LogP contribution in [-0.4, -0.2) is 87.4 Å². The number of carbonyl (C=O) groups is 5. The summed E-state index contributed by atoms with van der Waals surface area (Å²) >= 11 is 4.60. The van der Waals surface area contributed by atoms with Crippen molar-refractivity contribution in [1.82, 2.24) is 10.2 Å². The number of β-lactam (4-membered cyclic amide) rings is 1. The number of hydrogen-bond donors (Lipinski definition) is 3. The molecule has 0 saturated carbocycles. The lowest BCUT2D eigenvalue weighted by Gasteiger charge is -2.49.